The maximum Gasteiger partial charge on any atom is 0.191 e. The molecule has 0 fully saturated rings. The van der Waals surface area contributed by atoms with Gasteiger partial charge in [-0.3, -0.25) is 4.99 Å². The minimum absolute atomic E-state index is 0. The molecule has 0 aliphatic heterocycles. The summed E-state index contributed by atoms with van der Waals surface area (Å²) in [6, 6.07) is 3.90. The summed E-state index contributed by atoms with van der Waals surface area (Å²) in [6.45, 7) is 8.96. The fourth-order valence-corrected chi connectivity index (χ4v) is 1.63. The summed E-state index contributed by atoms with van der Waals surface area (Å²) in [5, 5.41) is 6.58. The van der Waals surface area contributed by atoms with Crippen molar-refractivity contribution in [3.63, 3.8) is 0 Å². The van der Waals surface area contributed by atoms with Crippen molar-refractivity contribution in [2.45, 2.75) is 31.9 Å². The topological polar surface area (TPSA) is 49.6 Å². The van der Waals surface area contributed by atoms with E-state index < -0.39 is 0 Å². The second-order valence-corrected chi connectivity index (χ2v) is 6.43. The van der Waals surface area contributed by atoms with E-state index in [2.05, 4.69) is 42.7 Å². The largest absolute Gasteiger partial charge is 0.469 e. The molecule has 0 atom stereocenters. The lowest BCUT2D eigenvalue weighted by Crippen LogP contribution is -2.39. The van der Waals surface area contributed by atoms with E-state index in [0.29, 0.717) is 0 Å². The Morgan fingerprint density at radius 1 is 1.40 bits per heavy atom. The minimum atomic E-state index is 0. The van der Waals surface area contributed by atoms with Gasteiger partial charge in [0, 0.05) is 24.3 Å². The molecule has 0 unspecified atom stereocenters. The highest BCUT2D eigenvalue weighted by Crippen LogP contribution is 2.20. The van der Waals surface area contributed by atoms with Gasteiger partial charge < -0.3 is 15.1 Å². The Kier molecular flexibility index (Phi) is 10.2. The Balaban J connectivity index is 0.00000361. The first-order chi connectivity index (χ1) is 9.07. The van der Waals surface area contributed by atoms with Gasteiger partial charge >= 0.3 is 0 Å². The Bertz CT molecular complexity index is 380. The molecule has 1 aromatic heterocycles. The van der Waals surface area contributed by atoms with Crippen molar-refractivity contribution >= 4 is 41.7 Å². The predicted octanol–water partition coefficient (Wildman–Crippen LogP) is 3.14. The number of thioether (sulfide) groups is 1. The third-order valence-corrected chi connectivity index (χ3v) is 3.99. The lowest BCUT2D eigenvalue weighted by molar-refractivity contribution is 0.506. The molecule has 6 heteroatoms. The minimum Gasteiger partial charge on any atom is -0.469 e. The normalized spacial score (nSPS) is 11.9. The zero-order valence-electron chi connectivity index (χ0n) is 12.7. The molecule has 0 radical (unpaired) electrons. The van der Waals surface area contributed by atoms with Crippen LogP contribution in [0.4, 0.5) is 0 Å². The number of hydrogen-bond acceptors (Lipinski definition) is 3. The van der Waals surface area contributed by atoms with Gasteiger partial charge in [0.1, 0.15) is 5.76 Å². The third kappa shape index (κ3) is 8.04. The van der Waals surface area contributed by atoms with Crippen molar-refractivity contribution < 1.29 is 4.42 Å². The maximum absolute atomic E-state index is 5.30. The van der Waals surface area contributed by atoms with Crippen LogP contribution in [-0.4, -0.2) is 36.6 Å². The van der Waals surface area contributed by atoms with Crippen LogP contribution in [0.15, 0.2) is 27.8 Å². The molecule has 0 aromatic carbocycles. The molecular weight excluding hydrogens is 385 g/mol. The Labute approximate surface area is 143 Å². The number of guanidine groups is 1. The van der Waals surface area contributed by atoms with Crippen LogP contribution >= 0.6 is 35.7 Å². The standard InChI is InChI=1S/C14H25N3OS.HI/c1-5-15-13(17-11-14(2,3)19-4)16-9-8-12-7-6-10-18-12;/h6-7,10H,5,8-9,11H2,1-4H3,(H2,15,16,17);1H. The average Bonchev–Trinajstić information content (AvgIpc) is 2.89. The lowest BCUT2D eigenvalue weighted by Gasteiger charge is -2.20. The van der Waals surface area contributed by atoms with Crippen LogP contribution in [0.3, 0.4) is 0 Å². The van der Waals surface area contributed by atoms with Crippen molar-refractivity contribution in [2.24, 2.45) is 4.99 Å². The van der Waals surface area contributed by atoms with E-state index >= 15 is 0 Å². The van der Waals surface area contributed by atoms with Gasteiger partial charge in [0.25, 0.3) is 0 Å². The number of aliphatic imine (C=N–C) groups is 1. The van der Waals surface area contributed by atoms with Crippen LogP contribution in [0, 0.1) is 0 Å². The summed E-state index contributed by atoms with van der Waals surface area (Å²) >= 11 is 1.83. The highest BCUT2D eigenvalue weighted by atomic mass is 127. The van der Waals surface area contributed by atoms with Gasteiger partial charge in [-0.05, 0) is 39.2 Å². The van der Waals surface area contributed by atoms with Gasteiger partial charge in [0.2, 0.25) is 0 Å². The molecule has 0 spiro atoms. The van der Waals surface area contributed by atoms with Crippen molar-refractivity contribution in [1.29, 1.82) is 0 Å². The number of rotatable bonds is 7. The van der Waals surface area contributed by atoms with E-state index in [4.69, 9.17) is 4.42 Å². The van der Waals surface area contributed by atoms with Crippen LogP contribution < -0.4 is 10.6 Å². The molecule has 0 bridgehead atoms. The van der Waals surface area contributed by atoms with Crippen LogP contribution in [0.2, 0.25) is 0 Å². The number of hydrogen-bond donors (Lipinski definition) is 2. The molecule has 20 heavy (non-hydrogen) atoms. The van der Waals surface area contributed by atoms with Gasteiger partial charge in [-0.1, -0.05) is 0 Å². The molecular formula is C14H26IN3OS. The smallest absolute Gasteiger partial charge is 0.191 e. The van der Waals surface area contributed by atoms with E-state index in [1.165, 1.54) is 0 Å². The first kappa shape index (κ1) is 19.6. The van der Waals surface area contributed by atoms with Crippen molar-refractivity contribution in [1.82, 2.24) is 10.6 Å². The third-order valence-electron chi connectivity index (χ3n) is 2.76. The molecule has 1 rings (SSSR count). The van der Waals surface area contributed by atoms with E-state index in [1.54, 1.807) is 6.26 Å². The molecule has 1 aromatic rings. The summed E-state index contributed by atoms with van der Waals surface area (Å²) in [6.07, 6.45) is 4.69. The zero-order valence-corrected chi connectivity index (χ0v) is 15.9. The fourth-order valence-electron chi connectivity index (χ4n) is 1.43. The number of nitrogens with zero attached hydrogens (tertiary/aromatic N) is 1. The number of halogens is 1. The Morgan fingerprint density at radius 2 is 2.15 bits per heavy atom. The molecule has 0 aliphatic carbocycles. The van der Waals surface area contributed by atoms with E-state index in [9.17, 15) is 0 Å². The number of nitrogens with one attached hydrogen (secondary N) is 2. The summed E-state index contributed by atoms with van der Waals surface area (Å²) in [7, 11) is 0. The van der Waals surface area contributed by atoms with E-state index in [-0.39, 0.29) is 28.7 Å². The predicted molar refractivity (Wildman–Crippen MR) is 99.4 cm³/mol. The summed E-state index contributed by atoms with van der Waals surface area (Å²) in [4.78, 5) is 4.62. The van der Waals surface area contributed by atoms with Gasteiger partial charge in [-0.25, -0.2) is 0 Å². The van der Waals surface area contributed by atoms with Crippen molar-refractivity contribution in [3.8, 4) is 0 Å². The quantitative estimate of drug-likeness (QED) is 0.411. The van der Waals surface area contributed by atoms with Crippen LogP contribution in [0.25, 0.3) is 0 Å². The second kappa shape index (κ2) is 10.4. The number of furan rings is 1. The highest BCUT2D eigenvalue weighted by Gasteiger charge is 2.15. The molecule has 0 amide bonds. The molecule has 1 heterocycles. The summed E-state index contributed by atoms with van der Waals surface area (Å²) in [5.74, 6) is 1.86. The molecule has 2 N–H and O–H groups in total. The first-order valence-corrected chi connectivity index (χ1v) is 7.89. The summed E-state index contributed by atoms with van der Waals surface area (Å²) < 4.78 is 5.47. The maximum atomic E-state index is 5.30. The first-order valence-electron chi connectivity index (χ1n) is 6.67. The van der Waals surface area contributed by atoms with Gasteiger partial charge in [0.15, 0.2) is 5.96 Å². The monoisotopic (exact) mass is 411 g/mol. The van der Waals surface area contributed by atoms with Crippen LogP contribution in [-0.2, 0) is 6.42 Å². The van der Waals surface area contributed by atoms with Crippen molar-refractivity contribution in [3.05, 3.63) is 24.2 Å². The Morgan fingerprint density at radius 3 is 2.70 bits per heavy atom. The van der Waals surface area contributed by atoms with E-state index in [0.717, 1.165) is 37.8 Å². The zero-order chi connectivity index (χ0) is 14.1. The highest BCUT2D eigenvalue weighted by molar-refractivity contribution is 14.0. The van der Waals surface area contributed by atoms with Gasteiger partial charge in [0.05, 0.1) is 12.8 Å². The van der Waals surface area contributed by atoms with E-state index in [1.807, 2.05) is 23.9 Å². The fraction of sp³-hybridized carbons (Fsp3) is 0.643. The lowest BCUT2D eigenvalue weighted by atomic mass is 10.2. The molecule has 0 saturated carbocycles. The Hall–Kier alpha value is -0.370. The van der Waals surface area contributed by atoms with Gasteiger partial charge in [-0.2, -0.15) is 11.8 Å². The molecule has 0 aliphatic rings. The van der Waals surface area contributed by atoms with Crippen molar-refractivity contribution in [2.75, 3.05) is 25.9 Å². The van der Waals surface area contributed by atoms with Crippen LogP contribution in [0.5, 0.6) is 0 Å². The SMILES string of the molecule is CCNC(=NCC(C)(C)SC)NCCc1ccco1.I. The van der Waals surface area contributed by atoms with Crippen LogP contribution in [0.1, 0.15) is 26.5 Å². The average molecular weight is 411 g/mol. The summed E-state index contributed by atoms with van der Waals surface area (Å²) in [5.41, 5.74) is 0. The van der Waals surface area contributed by atoms with Gasteiger partial charge in [-0.15, -0.1) is 24.0 Å². The molecule has 116 valence electrons. The molecule has 4 nitrogen and oxygen atoms in total. The molecule has 0 saturated heterocycles. The second-order valence-electron chi connectivity index (χ2n) is 4.92.